The van der Waals surface area contributed by atoms with E-state index in [4.69, 9.17) is 14.3 Å². The van der Waals surface area contributed by atoms with Gasteiger partial charge in [0.15, 0.2) is 0 Å². The van der Waals surface area contributed by atoms with Crippen LogP contribution in [-0.2, 0) is 14.7 Å². The van der Waals surface area contributed by atoms with Crippen molar-refractivity contribution in [3.8, 4) is 33.4 Å². The molecule has 0 bridgehead atoms. The van der Waals surface area contributed by atoms with E-state index in [1.165, 1.54) is 66.1 Å². The van der Waals surface area contributed by atoms with Crippen LogP contribution in [0.4, 0.5) is 0 Å². The van der Waals surface area contributed by atoms with Crippen LogP contribution in [0.3, 0.4) is 0 Å². The maximum atomic E-state index is 6.34. The SMILES string of the molecule is C=C/C(=C\C=C/C)C1(c2ccccc2)c2ccccc2-c2ccc(-c3c4ccccc4c(-c4ccc(B5OC(C)(C)C(C)(C)O5)nc4)c4ccccc34)cc21. The smallest absolute Gasteiger partial charge is 0.398 e. The Balaban J connectivity index is 1.27. The molecule has 1 atom stereocenters. The van der Waals surface area contributed by atoms with Crippen molar-refractivity contribution in [1.82, 2.24) is 4.98 Å². The number of pyridine rings is 1. The number of benzene rings is 6. The van der Waals surface area contributed by atoms with Crippen molar-refractivity contribution in [3.63, 3.8) is 0 Å². The quantitative estimate of drug-likeness (QED) is 0.0936. The Morgan fingerprint density at radius 2 is 1.16 bits per heavy atom. The summed E-state index contributed by atoms with van der Waals surface area (Å²) in [6.45, 7) is 14.7. The minimum Gasteiger partial charge on any atom is -0.398 e. The maximum Gasteiger partial charge on any atom is 0.514 e. The van der Waals surface area contributed by atoms with Crippen LogP contribution in [0.1, 0.15) is 51.3 Å². The molecule has 0 spiro atoms. The fourth-order valence-corrected chi connectivity index (χ4v) is 8.86. The van der Waals surface area contributed by atoms with Crippen LogP contribution >= 0.6 is 0 Å². The molecular weight excluding hydrogens is 669 g/mol. The van der Waals surface area contributed by atoms with Crippen molar-refractivity contribution in [2.24, 2.45) is 0 Å². The molecule has 55 heavy (non-hydrogen) atoms. The lowest BCUT2D eigenvalue weighted by atomic mass is 9.66. The van der Waals surface area contributed by atoms with Crippen molar-refractivity contribution >= 4 is 34.3 Å². The molecule has 2 heterocycles. The van der Waals surface area contributed by atoms with E-state index in [0.29, 0.717) is 0 Å². The Labute approximate surface area is 324 Å². The molecule has 1 aliphatic carbocycles. The average Bonchev–Trinajstić information content (AvgIpc) is 3.63. The zero-order valence-electron chi connectivity index (χ0n) is 32.1. The molecule has 1 fully saturated rings. The molecule has 1 aliphatic heterocycles. The first-order chi connectivity index (χ1) is 26.7. The summed E-state index contributed by atoms with van der Waals surface area (Å²) < 4.78 is 12.7. The van der Waals surface area contributed by atoms with Gasteiger partial charge in [0.25, 0.3) is 0 Å². The van der Waals surface area contributed by atoms with E-state index in [2.05, 4.69) is 193 Å². The van der Waals surface area contributed by atoms with Crippen molar-refractivity contribution < 1.29 is 9.31 Å². The highest BCUT2D eigenvalue weighted by molar-refractivity contribution is 6.61. The van der Waals surface area contributed by atoms with E-state index in [-0.39, 0.29) is 0 Å². The van der Waals surface area contributed by atoms with Gasteiger partial charge in [0.1, 0.15) is 0 Å². The molecule has 1 saturated heterocycles. The van der Waals surface area contributed by atoms with Crippen molar-refractivity contribution in [3.05, 3.63) is 193 Å². The molecule has 0 amide bonds. The second-order valence-electron chi connectivity index (χ2n) is 15.7. The zero-order valence-corrected chi connectivity index (χ0v) is 32.1. The summed E-state index contributed by atoms with van der Waals surface area (Å²) in [7, 11) is -0.515. The standard InChI is InChI=1S/C51H44BNO2/c1-7-9-19-36(8-2)51(37-20-11-10-12-21-37)44-27-18-17-22-38(44)39-30-28-34(32-45(39)51)47-40-23-13-15-25-42(40)48(43-26-16-14-24-41(43)47)35-29-31-46(53-33-35)52-54-49(3,4)50(5,6)55-52/h7-33H,2H2,1,3-6H3/b9-7-,36-19+. The molecule has 1 aromatic heterocycles. The molecule has 0 radical (unpaired) electrons. The number of fused-ring (bicyclic) bond motifs is 5. The van der Waals surface area contributed by atoms with E-state index in [1.54, 1.807) is 0 Å². The van der Waals surface area contributed by atoms with Gasteiger partial charge >= 0.3 is 7.12 Å². The van der Waals surface area contributed by atoms with Crippen LogP contribution in [0.15, 0.2) is 176 Å². The molecule has 7 aromatic rings. The topological polar surface area (TPSA) is 31.4 Å². The van der Waals surface area contributed by atoms with Crippen LogP contribution in [0.2, 0.25) is 0 Å². The van der Waals surface area contributed by atoms with Crippen LogP contribution in [0.25, 0.3) is 54.9 Å². The van der Waals surface area contributed by atoms with Crippen LogP contribution in [-0.4, -0.2) is 23.3 Å². The summed E-state index contributed by atoms with van der Waals surface area (Å²) in [5, 5.41) is 4.75. The fraction of sp³-hybridized carbons (Fsp3) is 0.157. The first-order valence-corrected chi connectivity index (χ1v) is 19.2. The molecule has 268 valence electrons. The van der Waals surface area contributed by atoms with Gasteiger partial charge in [-0.25, -0.2) is 0 Å². The van der Waals surface area contributed by atoms with E-state index < -0.39 is 23.7 Å². The number of aromatic nitrogens is 1. The van der Waals surface area contributed by atoms with Gasteiger partial charge in [0.2, 0.25) is 0 Å². The van der Waals surface area contributed by atoms with Gasteiger partial charge in [0.05, 0.1) is 22.2 Å². The summed E-state index contributed by atoms with van der Waals surface area (Å²) in [5.41, 5.74) is 11.3. The van der Waals surface area contributed by atoms with Crippen LogP contribution < -0.4 is 5.59 Å². The van der Waals surface area contributed by atoms with Crippen LogP contribution in [0, 0.1) is 0 Å². The number of hydrogen-bond donors (Lipinski definition) is 0. The number of hydrogen-bond acceptors (Lipinski definition) is 3. The van der Waals surface area contributed by atoms with Gasteiger partial charge in [0, 0.05) is 11.8 Å². The van der Waals surface area contributed by atoms with Crippen LogP contribution in [0.5, 0.6) is 0 Å². The first-order valence-electron chi connectivity index (χ1n) is 19.2. The highest BCUT2D eigenvalue weighted by atomic mass is 16.7. The lowest BCUT2D eigenvalue weighted by molar-refractivity contribution is 0.00578. The van der Waals surface area contributed by atoms with Crippen molar-refractivity contribution in [2.45, 2.75) is 51.2 Å². The minimum absolute atomic E-state index is 0.433. The first kappa shape index (κ1) is 34.9. The Morgan fingerprint density at radius 3 is 1.75 bits per heavy atom. The monoisotopic (exact) mass is 713 g/mol. The molecule has 1 unspecified atom stereocenters. The van der Waals surface area contributed by atoms with Gasteiger partial charge in [-0.1, -0.05) is 152 Å². The third-order valence-electron chi connectivity index (χ3n) is 12.2. The molecular formula is C51H44BNO2. The third kappa shape index (κ3) is 5.31. The van der Waals surface area contributed by atoms with E-state index >= 15 is 0 Å². The predicted octanol–water partition coefficient (Wildman–Crippen LogP) is 12.0. The highest BCUT2D eigenvalue weighted by Gasteiger charge is 2.52. The maximum absolute atomic E-state index is 6.34. The lowest BCUT2D eigenvalue weighted by Crippen LogP contribution is -2.41. The third-order valence-corrected chi connectivity index (χ3v) is 12.2. The average molecular weight is 714 g/mol. The number of rotatable bonds is 7. The summed E-state index contributed by atoms with van der Waals surface area (Å²) in [6, 6.07) is 48.7. The van der Waals surface area contributed by atoms with Gasteiger partial charge in [-0.2, -0.15) is 0 Å². The number of allylic oxidation sites excluding steroid dienone is 5. The molecule has 0 saturated carbocycles. The summed E-state index contributed by atoms with van der Waals surface area (Å²) in [4.78, 5) is 4.94. The lowest BCUT2D eigenvalue weighted by Gasteiger charge is -2.35. The Hall–Kier alpha value is -5.81. The zero-order chi connectivity index (χ0) is 38.0. The number of nitrogens with zero attached hydrogens (tertiary/aromatic N) is 1. The van der Waals surface area contributed by atoms with Gasteiger partial charge in [-0.05, 0) is 118 Å². The summed E-state index contributed by atoms with van der Waals surface area (Å²) in [5.74, 6) is 0. The minimum atomic E-state index is -0.555. The Kier molecular flexibility index (Phi) is 8.38. The summed E-state index contributed by atoms with van der Waals surface area (Å²) in [6.07, 6.45) is 10.5. The van der Waals surface area contributed by atoms with Crippen molar-refractivity contribution in [1.29, 1.82) is 0 Å². The fourth-order valence-electron chi connectivity index (χ4n) is 8.86. The van der Waals surface area contributed by atoms with E-state index in [9.17, 15) is 0 Å². The van der Waals surface area contributed by atoms with Gasteiger partial charge in [-0.3, -0.25) is 4.98 Å². The molecule has 2 aliphatic rings. The Morgan fingerprint density at radius 1 is 0.618 bits per heavy atom. The van der Waals surface area contributed by atoms with Gasteiger partial charge < -0.3 is 9.31 Å². The highest BCUT2D eigenvalue weighted by Crippen LogP contribution is 2.58. The van der Waals surface area contributed by atoms with Gasteiger partial charge in [-0.15, -0.1) is 0 Å². The van der Waals surface area contributed by atoms with E-state index in [1.807, 2.05) is 12.3 Å². The molecule has 6 aromatic carbocycles. The predicted molar refractivity (Wildman–Crippen MR) is 231 cm³/mol. The van der Waals surface area contributed by atoms with E-state index in [0.717, 1.165) is 16.7 Å². The largest absolute Gasteiger partial charge is 0.514 e. The molecule has 4 heteroatoms. The summed E-state index contributed by atoms with van der Waals surface area (Å²) >= 11 is 0. The second kappa shape index (κ2) is 13.2. The molecule has 0 N–H and O–H groups in total. The van der Waals surface area contributed by atoms with Crippen molar-refractivity contribution in [2.75, 3.05) is 0 Å². The molecule has 3 nitrogen and oxygen atoms in total. The second-order valence-corrected chi connectivity index (χ2v) is 15.7. The normalized spacial score (nSPS) is 18.6. The molecule has 9 rings (SSSR count). The Bertz CT molecular complexity index is 2620.